The highest BCUT2D eigenvalue weighted by atomic mass is 32.2. The fourth-order valence-corrected chi connectivity index (χ4v) is 9.01. The highest BCUT2D eigenvalue weighted by Crippen LogP contribution is 2.61. The number of nitrogens with zero attached hydrogens (tertiary/aromatic N) is 4. The van der Waals surface area contributed by atoms with Crippen LogP contribution in [-0.4, -0.2) is 123 Å². The Morgan fingerprint density at radius 1 is 1.02 bits per heavy atom. The van der Waals surface area contributed by atoms with E-state index in [4.69, 9.17) is 19.5 Å². The van der Waals surface area contributed by atoms with Gasteiger partial charge < -0.3 is 50.9 Å². The van der Waals surface area contributed by atoms with Crippen molar-refractivity contribution >= 4 is 69.1 Å². The number of hydrogen-bond donors (Lipinski definition) is 9. The lowest BCUT2D eigenvalue weighted by molar-refractivity contribution is -0.137. The van der Waals surface area contributed by atoms with Crippen molar-refractivity contribution in [3.05, 3.63) is 12.7 Å². The molecule has 28 heteroatoms. The van der Waals surface area contributed by atoms with Crippen molar-refractivity contribution in [1.82, 2.24) is 30.2 Å². The van der Waals surface area contributed by atoms with Crippen LogP contribution in [0.1, 0.15) is 66.5 Å². The number of aliphatic hydroxyl groups is 2. The minimum Gasteiger partial charge on any atom is -0.386 e. The topological polar surface area (TPSA) is 364 Å². The maximum Gasteiger partial charge on any atom is 0.481 e. The van der Waals surface area contributed by atoms with E-state index in [0.717, 1.165) is 48.2 Å². The predicted octanol–water partition coefficient (Wildman–Crippen LogP) is 1.13. The molecular formula is C30H52N7O17P3S. The number of anilines is 1. The minimum absolute atomic E-state index is 0.0319. The Bertz CT molecular complexity index is 1870. The number of aromatic nitrogens is 4. The molecule has 3 unspecified atom stereocenters. The van der Waals surface area contributed by atoms with E-state index in [1.807, 2.05) is 6.92 Å². The number of carbonyl (C=O) groups excluding carboxylic acids is 3. The maximum absolute atomic E-state index is 12.7. The van der Waals surface area contributed by atoms with E-state index >= 15 is 0 Å². The Balaban J connectivity index is 1.46. The van der Waals surface area contributed by atoms with Crippen LogP contribution in [0.15, 0.2) is 12.7 Å². The first kappa shape index (κ1) is 49.9. The van der Waals surface area contributed by atoms with Gasteiger partial charge in [0.25, 0.3) is 0 Å². The number of phosphoric ester groups is 3. The van der Waals surface area contributed by atoms with E-state index in [0.29, 0.717) is 11.7 Å². The number of phosphoric acid groups is 3. The lowest BCUT2D eigenvalue weighted by Crippen LogP contribution is -2.46. The molecule has 3 rings (SSSR count). The Morgan fingerprint density at radius 3 is 2.34 bits per heavy atom. The van der Waals surface area contributed by atoms with Crippen molar-refractivity contribution in [3.63, 3.8) is 0 Å². The van der Waals surface area contributed by atoms with Gasteiger partial charge in [0.2, 0.25) is 11.8 Å². The van der Waals surface area contributed by atoms with Gasteiger partial charge in [-0.25, -0.2) is 28.6 Å². The number of nitrogens with one attached hydrogen (secondary N) is 2. The van der Waals surface area contributed by atoms with E-state index < -0.39 is 84.6 Å². The van der Waals surface area contributed by atoms with Crippen molar-refractivity contribution in [3.8, 4) is 0 Å². The average Bonchev–Trinajstić information content (AvgIpc) is 3.67. The van der Waals surface area contributed by atoms with E-state index in [-0.39, 0.29) is 47.5 Å². The van der Waals surface area contributed by atoms with Gasteiger partial charge in [0.15, 0.2) is 22.8 Å². The zero-order valence-corrected chi connectivity index (χ0v) is 35.8. The Morgan fingerprint density at radius 2 is 1.69 bits per heavy atom. The molecule has 10 N–H and O–H groups in total. The Kier molecular flexibility index (Phi) is 18.4. The van der Waals surface area contributed by atoms with Crippen LogP contribution in [0.25, 0.3) is 11.2 Å². The molecule has 0 aliphatic carbocycles. The highest BCUT2D eigenvalue weighted by molar-refractivity contribution is 8.13. The first-order valence-electron chi connectivity index (χ1n) is 17.9. The van der Waals surface area contributed by atoms with Crippen molar-refractivity contribution in [1.29, 1.82) is 0 Å². The van der Waals surface area contributed by atoms with Crippen molar-refractivity contribution in [2.75, 3.05) is 37.8 Å². The van der Waals surface area contributed by atoms with E-state index in [1.165, 1.54) is 13.8 Å². The molecule has 8 atom stereocenters. The van der Waals surface area contributed by atoms with Gasteiger partial charge in [-0.2, -0.15) is 4.31 Å². The maximum atomic E-state index is 12.7. The molecule has 1 aliphatic rings. The number of nitrogens with two attached hydrogens (primary N) is 1. The van der Waals surface area contributed by atoms with Crippen LogP contribution < -0.4 is 16.4 Å². The van der Waals surface area contributed by atoms with Gasteiger partial charge in [-0.05, 0) is 12.3 Å². The fraction of sp³-hybridized carbons (Fsp3) is 0.733. The summed E-state index contributed by atoms with van der Waals surface area (Å²) in [6, 6.07) is 0. The minimum atomic E-state index is -5.57. The van der Waals surface area contributed by atoms with Crippen LogP contribution in [-0.2, 0) is 50.7 Å². The molecular weight excluding hydrogens is 855 g/mol. The van der Waals surface area contributed by atoms with Gasteiger partial charge in [0.05, 0.1) is 19.5 Å². The number of carbonyl (C=O) groups is 3. The SMILES string of the molecule is CC(C)CCCC(C)C(=O)SCCNC(=O)CCNC(=O)[C@H](O)C(C)(C)COP(=O)(O)OP(=O)(O)OC[C@@H]1O[C@H](n2cnc3c(N)ncnc32)[C@@H](O)[C@H]1OP(=O)(O)O. The Labute approximate surface area is 337 Å². The first-order chi connectivity index (χ1) is 26.8. The third-order valence-electron chi connectivity index (χ3n) is 8.57. The summed E-state index contributed by atoms with van der Waals surface area (Å²) in [7, 11) is -16.4. The zero-order valence-electron chi connectivity index (χ0n) is 32.4. The molecule has 2 aromatic heterocycles. The Hall–Kier alpha value is -2.44. The molecule has 0 saturated carbocycles. The van der Waals surface area contributed by atoms with Gasteiger partial charge in [0, 0.05) is 36.6 Å². The summed E-state index contributed by atoms with van der Waals surface area (Å²) < 4.78 is 62.2. The summed E-state index contributed by atoms with van der Waals surface area (Å²) in [5.74, 6) is -0.572. The number of aliphatic hydroxyl groups excluding tert-OH is 2. The lowest BCUT2D eigenvalue weighted by Gasteiger charge is -2.30. The quantitative estimate of drug-likeness (QED) is 0.0526. The molecule has 58 heavy (non-hydrogen) atoms. The number of fused-ring (bicyclic) bond motifs is 1. The predicted molar refractivity (Wildman–Crippen MR) is 205 cm³/mol. The molecule has 2 amide bonds. The summed E-state index contributed by atoms with van der Waals surface area (Å²) in [6.07, 6.45) is -4.08. The summed E-state index contributed by atoms with van der Waals surface area (Å²) >= 11 is 1.14. The van der Waals surface area contributed by atoms with Gasteiger partial charge >= 0.3 is 23.5 Å². The van der Waals surface area contributed by atoms with Gasteiger partial charge in [-0.15, -0.1) is 0 Å². The molecule has 1 saturated heterocycles. The van der Waals surface area contributed by atoms with Crippen LogP contribution in [0.2, 0.25) is 0 Å². The number of nitrogen functional groups attached to an aromatic ring is 1. The van der Waals surface area contributed by atoms with Crippen molar-refractivity contribution in [2.45, 2.75) is 90.9 Å². The number of thioether (sulfide) groups is 1. The van der Waals surface area contributed by atoms with Crippen molar-refractivity contribution < 1.29 is 80.5 Å². The number of imidazole rings is 1. The molecule has 330 valence electrons. The zero-order chi connectivity index (χ0) is 43.6. The normalized spacial score (nSPS) is 22.0. The van der Waals surface area contributed by atoms with E-state index in [1.54, 1.807) is 0 Å². The molecule has 1 fully saturated rings. The van der Waals surface area contributed by atoms with Crippen molar-refractivity contribution in [2.24, 2.45) is 17.3 Å². The fourth-order valence-electron chi connectivity index (χ4n) is 5.37. The average molecular weight is 908 g/mol. The van der Waals surface area contributed by atoms with Crippen LogP contribution >= 0.6 is 35.2 Å². The van der Waals surface area contributed by atoms with Gasteiger partial charge in [-0.1, -0.05) is 59.2 Å². The molecule has 24 nitrogen and oxygen atoms in total. The number of amides is 2. The monoisotopic (exact) mass is 907 g/mol. The molecule has 3 heterocycles. The highest BCUT2D eigenvalue weighted by Gasteiger charge is 2.50. The third-order valence-corrected chi connectivity index (χ3v) is 12.8. The summed E-state index contributed by atoms with van der Waals surface area (Å²) in [5, 5.41) is 26.5. The third kappa shape index (κ3) is 15.5. The number of rotatable bonds is 24. The van der Waals surface area contributed by atoms with Crippen LogP contribution in [0.3, 0.4) is 0 Å². The molecule has 0 radical (unpaired) electrons. The summed E-state index contributed by atoms with van der Waals surface area (Å²) in [6.45, 7) is 6.67. The molecule has 2 aromatic rings. The molecule has 1 aliphatic heterocycles. The number of hydrogen-bond acceptors (Lipinski definition) is 18. The standard InChI is InChI=1S/C30H52N7O17P3S/c1-17(2)7-6-8-18(3)29(42)58-12-11-32-20(38)9-10-33-27(41)24(40)30(4,5)14-51-57(48,49)54-56(46,47)50-13-19-23(53-55(43,44)45)22(39)28(52-19)37-16-36-21-25(31)34-15-35-26(21)37/h15-19,22-24,28,39-40H,6-14H2,1-5H3,(H,32,38)(H,33,41)(H,46,47)(H,48,49)(H2,31,34,35)(H2,43,44,45)/t18?,19-,22-,23-,24-,28-/m0/s1. The molecule has 0 spiro atoms. The first-order valence-corrected chi connectivity index (χ1v) is 23.4. The van der Waals surface area contributed by atoms with Gasteiger partial charge in [-0.3, -0.25) is 32.5 Å². The van der Waals surface area contributed by atoms with Crippen LogP contribution in [0.5, 0.6) is 0 Å². The molecule has 0 bridgehead atoms. The van der Waals surface area contributed by atoms with Gasteiger partial charge in [0.1, 0.15) is 36.3 Å². The second-order valence-corrected chi connectivity index (χ2v) is 19.8. The lowest BCUT2D eigenvalue weighted by atomic mass is 9.87. The van der Waals surface area contributed by atoms with Crippen LogP contribution in [0, 0.1) is 17.3 Å². The smallest absolute Gasteiger partial charge is 0.386 e. The second-order valence-electron chi connectivity index (χ2n) is 14.5. The summed E-state index contributed by atoms with van der Waals surface area (Å²) in [4.78, 5) is 88.1. The van der Waals surface area contributed by atoms with E-state index in [2.05, 4.69) is 48.3 Å². The number of ether oxygens (including phenoxy) is 1. The van der Waals surface area contributed by atoms with Crippen LogP contribution in [0.4, 0.5) is 5.82 Å². The second kappa shape index (κ2) is 21.4. The van der Waals surface area contributed by atoms with E-state index in [9.17, 15) is 57.9 Å². The summed E-state index contributed by atoms with van der Waals surface area (Å²) in [5.41, 5.74) is 4.27. The largest absolute Gasteiger partial charge is 0.481 e. The molecule has 0 aromatic carbocycles.